The van der Waals surface area contributed by atoms with Crippen molar-refractivity contribution in [3.05, 3.63) is 0 Å². The van der Waals surface area contributed by atoms with E-state index in [2.05, 4.69) is 6.92 Å². The Labute approximate surface area is 160 Å². The molecule has 1 unspecified atom stereocenters. The van der Waals surface area contributed by atoms with E-state index in [1.54, 1.807) is 0 Å². The number of aliphatic hydroxyl groups is 2. The van der Waals surface area contributed by atoms with E-state index in [1.165, 1.54) is 83.5 Å². The second-order valence-electron chi connectivity index (χ2n) is 7.22. The Kier molecular flexibility index (Phi) is 23.7. The Morgan fingerprint density at radius 2 is 1.15 bits per heavy atom. The van der Waals surface area contributed by atoms with Crippen molar-refractivity contribution in [2.45, 2.75) is 116 Å². The topological polar surface area (TPSA) is 98.3 Å². The van der Waals surface area contributed by atoms with Crippen LogP contribution in [0.2, 0.25) is 0 Å². The van der Waals surface area contributed by atoms with Gasteiger partial charge in [0.1, 0.15) is 12.7 Å². The van der Waals surface area contributed by atoms with Gasteiger partial charge in [0.05, 0.1) is 6.61 Å². The molecule has 0 spiro atoms. The van der Waals surface area contributed by atoms with E-state index < -0.39 is 6.10 Å². The van der Waals surface area contributed by atoms with Gasteiger partial charge in [-0.3, -0.25) is 4.79 Å². The number of carbonyl (C=O) groups is 1. The van der Waals surface area contributed by atoms with Crippen LogP contribution < -0.4 is 0 Å². The molecule has 0 aromatic heterocycles. The van der Waals surface area contributed by atoms with Crippen LogP contribution in [-0.2, 0) is 9.53 Å². The van der Waals surface area contributed by atoms with E-state index >= 15 is 0 Å². The van der Waals surface area contributed by atoms with Crippen LogP contribution in [-0.4, -0.2) is 41.0 Å². The van der Waals surface area contributed by atoms with Gasteiger partial charge in [0.15, 0.2) is 0 Å². The lowest BCUT2D eigenvalue weighted by Gasteiger charge is -2.08. The molecule has 5 nitrogen and oxygen atoms in total. The summed E-state index contributed by atoms with van der Waals surface area (Å²) in [5.41, 5.74) is 0. The molecule has 5 heteroatoms. The smallest absolute Gasteiger partial charge is 0.305 e. The van der Waals surface area contributed by atoms with Crippen LogP contribution in [0, 0.1) is 0 Å². The van der Waals surface area contributed by atoms with E-state index in [0.717, 1.165) is 12.8 Å². The van der Waals surface area contributed by atoms with E-state index in [0.29, 0.717) is 6.42 Å². The van der Waals surface area contributed by atoms with Crippen molar-refractivity contribution in [2.24, 2.45) is 0 Å². The van der Waals surface area contributed by atoms with Crippen LogP contribution in [0.25, 0.3) is 0 Å². The Hall–Kier alpha value is -0.650. The number of esters is 1. The Morgan fingerprint density at radius 1 is 0.769 bits per heavy atom. The number of hydrogen-bond acceptors (Lipinski definition) is 4. The lowest BCUT2D eigenvalue weighted by molar-refractivity contribution is -0.147. The van der Waals surface area contributed by atoms with Gasteiger partial charge in [-0.2, -0.15) is 0 Å². The molecule has 0 saturated heterocycles. The molecule has 0 aromatic carbocycles. The molecule has 0 saturated carbocycles. The minimum atomic E-state index is -0.954. The molecule has 0 fully saturated rings. The summed E-state index contributed by atoms with van der Waals surface area (Å²) in [4.78, 5) is 11.4. The highest BCUT2D eigenvalue weighted by Gasteiger charge is 2.07. The summed E-state index contributed by atoms with van der Waals surface area (Å²) in [5, 5.41) is 17.7. The van der Waals surface area contributed by atoms with Gasteiger partial charge in [-0.25, -0.2) is 0 Å². The normalized spacial score (nSPS) is 11.8. The molecule has 0 aliphatic heterocycles. The van der Waals surface area contributed by atoms with Crippen LogP contribution in [0.4, 0.5) is 0 Å². The van der Waals surface area contributed by atoms with Gasteiger partial charge in [-0.15, -0.1) is 0 Å². The van der Waals surface area contributed by atoms with Crippen LogP contribution >= 0.6 is 0 Å². The molecule has 0 heterocycles. The molecule has 1 atom stereocenters. The maximum atomic E-state index is 11.4. The van der Waals surface area contributed by atoms with Crippen molar-refractivity contribution < 1.29 is 25.2 Å². The van der Waals surface area contributed by atoms with Gasteiger partial charge in [0.2, 0.25) is 0 Å². The first-order valence-corrected chi connectivity index (χ1v) is 10.6. The van der Waals surface area contributed by atoms with Gasteiger partial charge < -0.3 is 20.4 Å². The zero-order chi connectivity index (χ0) is 18.6. The van der Waals surface area contributed by atoms with E-state index in [9.17, 15) is 4.79 Å². The molecule has 0 bridgehead atoms. The maximum Gasteiger partial charge on any atom is 0.305 e. The van der Waals surface area contributed by atoms with Crippen LogP contribution in [0.15, 0.2) is 0 Å². The van der Waals surface area contributed by atoms with Crippen molar-refractivity contribution >= 4 is 5.97 Å². The van der Waals surface area contributed by atoms with Crippen LogP contribution in [0.5, 0.6) is 0 Å². The van der Waals surface area contributed by atoms with E-state index in [1.807, 2.05) is 0 Å². The highest BCUT2D eigenvalue weighted by molar-refractivity contribution is 5.69. The lowest BCUT2D eigenvalue weighted by atomic mass is 10.0. The maximum absolute atomic E-state index is 11.4. The number of unbranched alkanes of at least 4 members (excludes halogenated alkanes) is 14. The second-order valence-corrected chi connectivity index (χ2v) is 7.22. The fourth-order valence-corrected chi connectivity index (χ4v) is 2.95. The summed E-state index contributed by atoms with van der Waals surface area (Å²) >= 11 is 0. The highest BCUT2D eigenvalue weighted by atomic mass is 16.5. The highest BCUT2D eigenvalue weighted by Crippen LogP contribution is 2.13. The number of hydrogen-bond donors (Lipinski definition) is 2. The molecule has 0 rings (SSSR count). The number of rotatable bonds is 19. The first kappa shape index (κ1) is 27.6. The Bertz CT molecular complexity index is 284. The van der Waals surface area contributed by atoms with Gasteiger partial charge in [0, 0.05) is 6.42 Å². The molecule has 0 aromatic rings. The summed E-state index contributed by atoms with van der Waals surface area (Å²) < 4.78 is 4.86. The molecule has 0 aliphatic carbocycles. The Balaban J connectivity index is 0. The molecule has 26 heavy (non-hydrogen) atoms. The van der Waals surface area contributed by atoms with E-state index in [-0.39, 0.29) is 24.7 Å². The molecule has 0 aliphatic rings. The van der Waals surface area contributed by atoms with Crippen molar-refractivity contribution in [1.82, 2.24) is 0 Å². The standard InChI is InChI=1S/C21H42O4.H2O/c1-2-3-4-5-6-7-8-9-10-11-12-13-14-15-16-17-21(24)25-19-20(23)18-22;/h20,22-23H,2-19H2,1H3;1H2. The van der Waals surface area contributed by atoms with Crippen LogP contribution in [0.3, 0.4) is 0 Å². The van der Waals surface area contributed by atoms with Gasteiger partial charge in [-0.1, -0.05) is 96.8 Å². The lowest BCUT2D eigenvalue weighted by Crippen LogP contribution is -2.21. The van der Waals surface area contributed by atoms with E-state index in [4.69, 9.17) is 14.9 Å². The summed E-state index contributed by atoms with van der Waals surface area (Å²) in [6.07, 6.45) is 19.0. The molecular formula is C21H44O5. The van der Waals surface area contributed by atoms with Crippen molar-refractivity contribution in [1.29, 1.82) is 0 Å². The van der Waals surface area contributed by atoms with Crippen LogP contribution in [0.1, 0.15) is 110 Å². The molecule has 158 valence electrons. The predicted octanol–water partition coefficient (Wildman–Crippen LogP) is 4.32. The minimum Gasteiger partial charge on any atom is -0.463 e. The summed E-state index contributed by atoms with van der Waals surface area (Å²) in [5.74, 6) is -0.276. The molecule has 0 radical (unpaired) electrons. The number of ether oxygens (including phenoxy) is 1. The van der Waals surface area contributed by atoms with Gasteiger partial charge in [-0.05, 0) is 6.42 Å². The third-order valence-corrected chi connectivity index (χ3v) is 4.63. The van der Waals surface area contributed by atoms with Crippen molar-refractivity contribution in [2.75, 3.05) is 13.2 Å². The average Bonchev–Trinajstić information content (AvgIpc) is 2.62. The monoisotopic (exact) mass is 376 g/mol. The summed E-state index contributed by atoms with van der Waals surface area (Å²) in [6.45, 7) is 1.79. The first-order chi connectivity index (χ1) is 12.2. The average molecular weight is 377 g/mol. The zero-order valence-corrected chi connectivity index (χ0v) is 17.0. The third-order valence-electron chi connectivity index (χ3n) is 4.63. The van der Waals surface area contributed by atoms with Crippen molar-refractivity contribution in [3.8, 4) is 0 Å². The zero-order valence-electron chi connectivity index (χ0n) is 17.0. The third kappa shape index (κ3) is 21.4. The van der Waals surface area contributed by atoms with Crippen molar-refractivity contribution in [3.63, 3.8) is 0 Å². The fraction of sp³-hybridized carbons (Fsp3) is 0.952. The molecule has 0 amide bonds. The van der Waals surface area contributed by atoms with Gasteiger partial charge >= 0.3 is 5.97 Å². The fourth-order valence-electron chi connectivity index (χ4n) is 2.95. The Morgan fingerprint density at radius 3 is 1.54 bits per heavy atom. The molecular weight excluding hydrogens is 332 g/mol. The number of aliphatic hydroxyl groups excluding tert-OH is 2. The summed E-state index contributed by atoms with van der Waals surface area (Å²) in [7, 11) is 0. The summed E-state index contributed by atoms with van der Waals surface area (Å²) in [6, 6.07) is 0. The minimum absolute atomic E-state index is 0. The van der Waals surface area contributed by atoms with Gasteiger partial charge in [0.25, 0.3) is 0 Å². The quantitative estimate of drug-likeness (QED) is 0.259. The largest absolute Gasteiger partial charge is 0.463 e. The number of carbonyl (C=O) groups excluding carboxylic acids is 1. The molecule has 4 N–H and O–H groups in total. The SMILES string of the molecule is CCCCCCCCCCCCCCCCCC(=O)OCC(O)CO.O. The second kappa shape index (κ2) is 22.4. The first-order valence-electron chi connectivity index (χ1n) is 10.6. The predicted molar refractivity (Wildman–Crippen MR) is 107 cm³/mol.